The molecule has 7 nitrogen and oxygen atoms in total. The Morgan fingerprint density at radius 1 is 1.24 bits per heavy atom. The Morgan fingerprint density at radius 3 is 2.76 bits per heavy atom. The first-order chi connectivity index (χ1) is 10.1. The molecule has 0 fully saturated rings. The molecule has 0 atom stereocenters. The summed E-state index contributed by atoms with van der Waals surface area (Å²) in [4.78, 5) is 32.8. The van der Waals surface area contributed by atoms with E-state index >= 15 is 0 Å². The number of aryl methyl sites for hydroxylation is 1. The van der Waals surface area contributed by atoms with Crippen molar-refractivity contribution in [1.82, 2.24) is 20.6 Å². The minimum Gasteiger partial charge on any atom is -0.360 e. The Labute approximate surface area is 126 Å². The number of rotatable bonds is 6. The average molecular weight is 307 g/mol. The summed E-state index contributed by atoms with van der Waals surface area (Å²) < 4.78 is 0. The van der Waals surface area contributed by atoms with E-state index in [9.17, 15) is 9.59 Å². The van der Waals surface area contributed by atoms with Gasteiger partial charge in [-0.2, -0.15) is 0 Å². The first-order valence-corrected chi connectivity index (χ1v) is 7.34. The van der Waals surface area contributed by atoms with Crippen molar-refractivity contribution >= 4 is 39.2 Å². The lowest BCUT2D eigenvalue weighted by atomic mass is 10.3. The van der Waals surface area contributed by atoms with Gasteiger partial charge in [-0.05, 0) is 13.0 Å². The predicted molar refractivity (Wildman–Crippen MR) is 82.3 cm³/mol. The number of carbonyl (C=O) groups is 2. The summed E-state index contributed by atoms with van der Waals surface area (Å²) in [7, 11) is 0. The summed E-state index contributed by atoms with van der Waals surface area (Å²) in [6, 6.07) is 2.00. The molecule has 2 aromatic heterocycles. The molecule has 0 radical (unpaired) electrons. The molecular weight excluding hydrogens is 290 g/mol. The summed E-state index contributed by atoms with van der Waals surface area (Å²) in [5, 5.41) is 9.24. The van der Waals surface area contributed by atoms with Gasteiger partial charge < -0.3 is 16.0 Å². The van der Waals surface area contributed by atoms with Crippen LogP contribution in [0.1, 0.15) is 11.8 Å². The van der Waals surface area contributed by atoms with Crippen molar-refractivity contribution in [3.8, 4) is 0 Å². The maximum Gasteiger partial charge on any atom is 0.239 e. The zero-order valence-corrected chi connectivity index (χ0v) is 12.7. The number of nitrogens with zero attached hydrogens (tertiary/aromatic N) is 2. The van der Waals surface area contributed by atoms with Crippen LogP contribution in [-0.4, -0.2) is 41.4 Å². The molecule has 8 heteroatoms. The molecule has 2 aromatic rings. The Balaban J connectivity index is 1.84. The van der Waals surface area contributed by atoms with Gasteiger partial charge in [0.25, 0.3) is 0 Å². The van der Waals surface area contributed by atoms with E-state index in [0.717, 1.165) is 15.1 Å². The molecule has 0 aliphatic heterocycles. The van der Waals surface area contributed by atoms with Crippen LogP contribution in [0.4, 0.5) is 5.82 Å². The van der Waals surface area contributed by atoms with E-state index in [-0.39, 0.29) is 18.4 Å². The van der Waals surface area contributed by atoms with Gasteiger partial charge in [-0.3, -0.25) is 9.59 Å². The lowest BCUT2D eigenvalue weighted by molar-refractivity contribution is -0.121. The van der Waals surface area contributed by atoms with Crippen molar-refractivity contribution in [2.75, 3.05) is 25.0 Å². The third-order valence-electron chi connectivity index (χ3n) is 2.69. The standard InChI is InChI=1S/C13H17N5O2S/c1-8-5-10-12(17-7-18-13(10)21-8)16-6-11(20)15-4-3-14-9(2)19/h5,7H,3-4,6H2,1-2H3,(H,14,19)(H,15,20)(H,16,17,18). The van der Waals surface area contributed by atoms with Gasteiger partial charge in [-0.15, -0.1) is 11.3 Å². The molecule has 0 saturated heterocycles. The Hall–Kier alpha value is -2.22. The van der Waals surface area contributed by atoms with E-state index in [1.807, 2.05) is 13.0 Å². The van der Waals surface area contributed by atoms with Crippen LogP contribution >= 0.6 is 11.3 Å². The van der Waals surface area contributed by atoms with Crippen molar-refractivity contribution in [3.05, 3.63) is 17.3 Å². The molecule has 2 amide bonds. The van der Waals surface area contributed by atoms with E-state index in [1.165, 1.54) is 13.3 Å². The summed E-state index contributed by atoms with van der Waals surface area (Å²) in [6.45, 7) is 4.39. The van der Waals surface area contributed by atoms with E-state index in [2.05, 4.69) is 25.9 Å². The van der Waals surface area contributed by atoms with Gasteiger partial charge in [0, 0.05) is 24.9 Å². The van der Waals surface area contributed by atoms with Crippen LogP contribution in [0.5, 0.6) is 0 Å². The lowest BCUT2D eigenvalue weighted by Crippen LogP contribution is -2.36. The third kappa shape index (κ3) is 4.38. The number of thiophene rings is 1. The topological polar surface area (TPSA) is 96.0 Å². The highest BCUT2D eigenvalue weighted by Crippen LogP contribution is 2.27. The molecule has 0 unspecified atom stereocenters. The van der Waals surface area contributed by atoms with Crippen molar-refractivity contribution in [2.45, 2.75) is 13.8 Å². The van der Waals surface area contributed by atoms with Gasteiger partial charge in [0.2, 0.25) is 11.8 Å². The Morgan fingerprint density at radius 2 is 2.00 bits per heavy atom. The average Bonchev–Trinajstić information content (AvgIpc) is 2.81. The summed E-state index contributed by atoms with van der Waals surface area (Å²) in [5.41, 5.74) is 0. The summed E-state index contributed by atoms with van der Waals surface area (Å²) in [6.07, 6.45) is 1.48. The molecular formula is C13H17N5O2S. The fourth-order valence-electron chi connectivity index (χ4n) is 1.78. The van der Waals surface area contributed by atoms with Gasteiger partial charge in [-0.25, -0.2) is 9.97 Å². The maximum absolute atomic E-state index is 11.7. The second-order valence-electron chi connectivity index (χ2n) is 4.48. The second kappa shape index (κ2) is 6.98. The van der Waals surface area contributed by atoms with Crippen LogP contribution in [0.2, 0.25) is 0 Å². The molecule has 0 aromatic carbocycles. The minimum absolute atomic E-state index is 0.112. The molecule has 0 aliphatic rings. The molecule has 0 saturated carbocycles. The molecule has 3 N–H and O–H groups in total. The highest BCUT2D eigenvalue weighted by molar-refractivity contribution is 7.18. The number of aromatic nitrogens is 2. The Bertz CT molecular complexity index is 655. The lowest BCUT2D eigenvalue weighted by Gasteiger charge is -2.08. The highest BCUT2D eigenvalue weighted by Gasteiger charge is 2.08. The monoisotopic (exact) mass is 307 g/mol. The number of carbonyl (C=O) groups excluding carboxylic acids is 2. The van der Waals surface area contributed by atoms with Crippen LogP contribution in [0.15, 0.2) is 12.4 Å². The number of hydrogen-bond donors (Lipinski definition) is 3. The predicted octanol–water partition coefficient (Wildman–Crippen LogP) is 0.664. The summed E-state index contributed by atoms with van der Waals surface area (Å²) in [5.74, 6) is 0.388. The van der Waals surface area contributed by atoms with E-state index < -0.39 is 0 Å². The first-order valence-electron chi connectivity index (χ1n) is 6.52. The van der Waals surface area contributed by atoms with Crippen LogP contribution in [-0.2, 0) is 9.59 Å². The third-order valence-corrected chi connectivity index (χ3v) is 3.65. The molecule has 21 heavy (non-hydrogen) atoms. The smallest absolute Gasteiger partial charge is 0.239 e. The van der Waals surface area contributed by atoms with Gasteiger partial charge >= 0.3 is 0 Å². The largest absolute Gasteiger partial charge is 0.360 e. The number of hydrogen-bond acceptors (Lipinski definition) is 6. The van der Waals surface area contributed by atoms with E-state index in [0.29, 0.717) is 18.9 Å². The molecule has 0 bridgehead atoms. The molecule has 2 rings (SSSR count). The normalized spacial score (nSPS) is 10.4. The van der Waals surface area contributed by atoms with Crippen molar-refractivity contribution in [3.63, 3.8) is 0 Å². The summed E-state index contributed by atoms with van der Waals surface area (Å²) >= 11 is 1.59. The molecule has 0 spiro atoms. The number of fused-ring (bicyclic) bond motifs is 1. The van der Waals surface area contributed by atoms with E-state index in [4.69, 9.17) is 0 Å². The second-order valence-corrected chi connectivity index (χ2v) is 5.72. The zero-order valence-electron chi connectivity index (χ0n) is 11.9. The van der Waals surface area contributed by atoms with Crippen molar-refractivity contribution in [1.29, 1.82) is 0 Å². The Kier molecular flexibility index (Phi) is 5.04. The molecule has 0 aliphatic carbocycles. The SMILES string of the molecule is CC(=O)NCCNC(=O)CNc1ncnc2sc(C)cc12. The van der Waals surface area contributed by atoms with Crippen LogP contribution in [0.3, 0.4) is 0 Å². The maximum atomic E-state index is 11.7. The highest BCUT2D eigenvalue weighted by atomic mass is 32.1. The number of amides is 2. The quantitative estimate of drug-likeness (QED) is 0.682. The van der Waals surface area contributed by atoms with Gasteiger partial charge in [-0.1, -0.05) is 0 Å². The fourth-order valence-corrected chi connectivity index (χ4v) is 2.63. The van der Waals surface area contributed by atoms with Crippen LogP contribution < -0.4 is 16.0 Å². The molecule has 2 heterocycles. The minimum atomic E-state index is -0.154. The van der Waals surface area contributed by atoms with Crippen molar-refractivity contribution in [2.24, 2.45) is 0 Å². The zero-order chi connectivity index (χ0) is 15.2. The molecule has 112 valence electrons. The van der Waals surface area contributed by atoms with Crippen molar-refractivity contribution < 1.29 is 9.59 Å². The van der Waals surface area contributed by atoms with Crippen LogP contribution in [0, 0.1) is 6.92 Å². The van der Waals surface area contributed by atoms with Crippen LogP contribution in [0.25, 0.3) is 10.2 Å². The fraction of sp³-hybridized carbons (Fsp3) is 0.385. The first kappa shape index (κ1) is 15.2. The van der Waals surface area contributed by atoms with Gasteiger partial charge in [0.1, 0.15) is 17.0 Å². The number of anilines is 1. The van der Waals surface area contributed by atoms with Gasteiger partial charge in [0.05, 0.1) is 11.9 Å². The van der Waals surface area contributed by atoms with E-state index in [1.54, 1.807) is 11.3 Å². The number of nitrogens with one attached hydrogen (secondary N) is 3. The van der Waals surface area contributed by atoms with Gasteiger partial charge in [0.15, 0.2) is 0 Å².